The summed E-state index contributed by atoms with van der Waals surface area (Å²) in [5, 5.41) is 0. The number of hydrogen-bond acceptors (Lipinski definition) is 0. The molecule has 0 aromatic heterocycles. The summed E-state index contributed by atoms with van der Waals surface area (Å²) in [4.78, 5) is 0. The predicted molar refractivity (Wildman–Crippen MR) is 93.9 cm³/mol. The Kier molecular flexibility index (Phi) is 3.26. The molecular weight excluding hydrogens is 264 g/mol. The highest BCUT2D eigenvalue weighted by atomic mass is 14.5. The third kappa shape index (κ3) is 2.23. The van der Waals surface area contributed by atoms with Crippen molar-refractivity contribution in [3.05, 3.63) is 88.5 Å². The fourth-order valence-electron chi connectivity index (χ4n) is 3.92. The third-order valence-corrected chi connectivity index (χ3v) is 5.16. The van der Waals surface area contributed by atoms with E-state index in [1.807, 2.05) is 0 Å². The molecule has 0 bridgehead atoms. The normalized spacial score (nSPS) is 22.6. The highest BCUT2D eigenvalue weighted by molar-refractivity contribution is 5.82. The van der Waals surface area contributed by atoms with Gasteiger partial charge in [-0.15, -0.1) is 0 Å². The van der Waals surface area contributed by atoms with Crippen LogP contribution in [-0.2, 0) is 6.42 Å². The summed E-state index contributed by atoms with van der Waals surface area (Å²) in [5.41, 5.74) is 8.93. The van der Waals surface area contributed by atoms with E-state index in [4.69, 9.17) is 0 Å². The van der Waals surface area contributed by atoms with Crippen LogP contribution in [-0.4, -0.2) is 0 Å². The summed E-state index contributed by atoms with van der Waals surface area (Å²) in [6.45, 7) is 4.43. The van der Waals surface area contributed by atoms with Crippen LogP contribution in [0.5, 0.6) is 0 Å². The van der Waals surface area contributed by atoms with E-state index < -0.39 is 0 Å². The molecule has 0 nitrogen and oxygen atoms in total. The Labute approximate surface area is 133 Å². The molecule has 0 aliphatic heterocycles. The van der Waals surface area contributed by atoms with Gasteiger partial charge < -0.3 is 0 Å². The van der Waals surface area contributed by atoms with E-state index in [-0.39, 0.29) is 0 Å². The summed E-state index contributed by atoms with van der Waals surface area (Å²) in [5.74, 6) is 1.57. The molecule has 0 N–H and O–H groups in total. The van der Waals surface area contributed by atoms with Crippen LogP contribution in [0.15, 0.2) is 66.3 Å². The summed E-state index contributed by atoms with van der Waals surface area (Å²) in [6, 6.07) is 17.9. The minimum atomic E-state index is 0.778. The van der Waals surface area contributed by atoms with Gasteiger partial charge in [0.15, 0.2) is 0 Å². The van der Waals surface area contributed by atoms with E-state index in [0.29, 0.717) is 0 Å². The molecule has 0 amide bonds. The minimum absolute atomic E-state index is 0.778. The molecule has 2 aromatic rings. The third-order valence-electron chi connectivity index (χ3n) is 5.16. The van der Waals surface area contributed by atoms with E-state index in [2.05, 4.69) is 74.5 Å². The van der Waals surface area contributed by atoms with Crippen LogP contribution in [0.2, 0.25) is 0 Å². The first-order valence-corrected chi connectivity index (χ1v) is 8.28. The van der Waals surface area contributed by atoms with Gasteiger partial charge in [0.1, 0.15) is 0 Å². The van der Waals surface area contributed by atoms with Crippen LogP contribution in [0.4, 0.5) is 0 Å². The van der Waals surface area contributed by atoms with Gasteiger partial charge in [-0.05, 0) is 66.4 Å². The molecule has 0 heteroatoms. The average molecular weight is 286 g/mol. The molecule has 1 saturated carbocycles. The van der Waals surface area contributed by atoms with Gasteiger partial charge in [0.05, 0.1) is 0 Å². The Morgan fingerprint density at radius 2 is 1.82 bits per heavy atom. The molecule has 2 aliphatic carbocycles. The van der Waals surface area contributed by atoms with E-state index in [9.17, 15) is 0 Å². The lowest BCUT2D eigenvalue weighted by atomic mass is 9.84. The Balaban J connectivity index is 1.72. The number of fused-ring (bicyclic) bond motifs is 3. The van der Waals surface area contributed by atoms with E-state index in [1.165, 1.54) is 28.7 Å². The first kappa shape index (κ1) is 13.6. The van der Waals surface area contributed by atoms with Gasteiger partial charge in [0.2, 0.25) is 0 Å². The van der Waals surface area contributed by atoms with Crippen molar-refractivity contribution in [1.29, 1.82) is 0 Å². The molecule has 1 fully saturated rings. The molecule has 2 aromatic carbocycles. The zero-order chi connectivity index (χ0) is 15.1. The maximum Gasteiger partial charge on any atom is -0.00257 e. The lowest BCUT2D eigenvalue weighted by molar-refractivity contribution is 0.917. The maximum absolute atomic E-state index is 2.46. The lowest BCUT2D eigenvalue weighted by Crippen LogP contribution is -2.03. The van der Waals surface area contributed by atoms with Crippen LogP contribution >= 0.6 is 0 Å². The zero-order valence-electron chi connectivity index (χ0n) is 13.3. The first-order chi connectivity index (χ1) is 10.8. The van der Waals surface area contributed by atoms with Crippen LogP contribution in [0.1, 0.15) is 48.4 Å². The molecule has 0 radical (unpaired) electrons. The number of rotatable bonds is 3. The minimum Gasteiger partial charge on any atom is -0.0870 e. The molecule has 2 unspecified atom stereocenters. The van der Waals surface area contributed by atoms with Gasteiger partial charge in [-0.1, -0.05) is 66.3 Å². The van der Waals surface area contributed by atoms with Crippen molar-refractivity contribution in [3.8, 4) is 0 Å². The van der Waals surface area contributed by atoms with Crippen LogP contribution in [0, 0.1) is 5.92 Å². The molecule has 0 spiro atoms. The fraction of sp³-hybridized carbons (Fsp3) is 0.273. The van der Waals surface area contributed by atoms with Crippen molar-refractivity contribution in [2.75, 3.05) is 0 Å². The summed E-state index contributed by atoms with van der Waals surface area (Å²) in [6.07, 6.45) is 6.84. The monoisotopic (exact) mass is 286 g/mol. The fourth-order valence-corrected chi connectivity index (χ4v) is 3.92. The Bertz CT molecular complexity index is 762. The molecule has 2 atom stereocenters. The molecule has 22 heavy (non-hydrogen) atoms. The first-order valence-electron chi connectivity index (χ1n) is 8.28. The van der Waals surface area contributed by atoms with Crippen molar-refractivity contribution in [2.24, 2.45) is 5.92 Å². The molecular formula is C22H22. The molecule has 4 rings (SSSR count). The summed E-state index contributed by atoms with van der Waals surface area (Å²) in [7, 11) is 0. The van der Waals surface area contributed by atoms with Crippen LogP contribution in [0.25, 0.3) is 5.57 Å². The molecule has 0 saturated heterocycles. The van der Waals surface area contributed by atoms with Crippen molar-refractivity contribution in [1.82, 2.24) is 0 Å². The van der Waals surface area contributed by atoms with Gasteiger partial charge in [-0.25, -0.2) is 0 Å². The lowest BCUT2D eigenvalue weighted by Gasteiger charge is -2.20. The van der Waals surface area contributed by atoms with Crippen molar-refractivity contribution in [2.45, 2.75) is 32.6 Å². The second-order valence-corrected chi connectivity index (χ2v) is 6.63. The van der Waals surface area contributed by atoms with Gasteiger partial charge >= 0.3 is 0 Å². The summed E-state index contributed by atoms with van der Waals surface area (Å²) < 4.78 is 0. The largest absolute Gasteiger partial charge is 0.0870 e. The van der Waals surface area contributed by atoms with Gasteiger partial charge in [-0.3, -0.25) is 0 Å². The Morgan fingerprint density at radius 3 is 2.59 bits per heavy atom. The van der Waals surface area contributed by atoms with Crippen molar-refractivity contribution in [3.63, 3.8) is 0 Å². The highest BCUT2D eigenvalue weighted by Crippen LogP contribution is 2.58. The average Bonchev–Trinajstić information content (AvgIpc) is 3.34. The molecule has 2 aliphatic rings. The number of benzene rings is 2. The standard InChI is InChI=1S/C22H22/c1-3-7-18-15(2)20-14-22(20)21-13-17(10-11-19(18)21)12-16-8-5-4-6-9-16/h3-11,13,20,22H,12,14H2,1-2H3/b7-3-. The number of allylic oxidation sites excluding steroid dienone is 4. The van der Waals surface area contributed by atoms with Gasteiger partial charge in [-0.2, -0.15) is 0 Å². The second-order valence-electron chi connectivity index (χ2n) is 6.63. The van der Waals surface area contributed by atoms with Gasteiger partial charge in [0.25, 0.3) is 0 Å². The SMILES string of the molecule is C/C=C\C1=C(C)C2CC2c2cc(Cc3ccccc3)ccc21. The predicted octanol–water partition coefficient (Wildman–Crippen LogP) is 5.74. The summed E-state index contributed by atoms with van der Waals surface area (Å²) >= 11 is 0. The van der Waals surface area contributed by atoms with Crippen molar-refractivity contribution >= 4 is 5.57 Å². The topological polar surface area (TPSA) is 0 Å². The van der Waals surface area contributed by atoms with E-state index >= 15 is 0 Å². The Morgan fingerprint density at radius 1 is 1.00 bits per heavy atom. The van der Waals surface area contributed by atoms with Crippen molar-refractivity contribution < 1.29 is 0 Å². The quantitative estimate of drug-likeness (QED) is 0.674. The molecule has 110 valence electrons. The second kappa shape index (κ2) is 5.28. The smallest absolute Gasteiger partial charge is 0.00257 e. The van der Waals surface area contributed by atoms with Crippen LogP contribution < -0.4 is 0 Å². The maximum atomic E-state index is 2.46. The van der Waals surface area contributed by atoms with Crippen LogP contribution in [0.3, 0.4) is 0 Å². The highest BCUT2D eigenvalue weighted by Gasteiger charge is 2.44. The Hall–Kier alpha value is -2.08. The van der Waals surface area contributed by atoms with Gasteiger partial charge in [0, 0.05) is 0 Å². The zero-order valence-corrected chi connectivity index (χ0v) is 13.3. The molecule has 0 heterocycles. The van der Waals surface area contributed by atoms with E-state index in [1.54, 1.807) is 11.1 Å². The number of hydrogen-bond donors (Lipinski definition) is 0. The van der Waals surface area contributed by atoms with E-state index in [0.717, 1.165) is 18.3 Å².